The van der Waals surface area contributed by atoms with Crippen molar-refractivity contribution in [3.05, 3.63) is 71.8 Å². The Morgan fingerprint density at radius 3 is 2.50 bits per heavy atom. The van der Waals surface area contributed by atoms with Gasteiger partial charge in [0.25, 0.3) is 15.9 Å². The van der Waals surface area contributed by atoms with Crippen LogP contribution in [0.4, 0.5) is 0 Å². The van der Waals surface area contributed by atoms with Crippen LogP contribution in [0.1, 0.15) is 11.1 Å². The second-order valence-electron chi connectivity index (χ2n) is 5.17. The summed E-state index contributed by atoms with van der Waals surface area (Å²) in [7, 11) is -2.17. The van der Waals surface area contributed by atoms with Crippen molar-refractivity contribution in [3.63, 3.8) is 0 Å². The first-order valence-electron chi connectivity index (χ1n) is 7.19. The highest BCUT2D eigenvalue weighted by atomic mass is 32.2. The molecule has 1 aliphatic rings. The molecule has 0 aliphatic carbocycles. The molecule has 3 rings (SSSR count). The Labute approximate surface area is 140 Å². The smallest absolute Gasteiger partial charge is 0.270 e. The number of sulfonamides is 1. The molecule has 0 bridgehead atoms. The highest BCUT2D eigenvalue weighted by Crippen LogP contribution is 2.26. The van der Waals surface area contributed by atoms with E-state index < -0.39 is 10.0 Å². The summed E-state index contributed by atoms with van der Waals surface area (Å²) < 4.78 is 27.8. The average molecular weight is 341 g/mol. The van der Waals surface area contributed by atoms with Gasteiger partial charge in [-0.05, 0) is 23.8 Å². The highest BCUT2D eigenvalue weighted by molar-refractivity contribution is 7.90. The van der Waals surface area contributed by atoms with Crippen molar-refractivity contribution < 1.29 is 13.2 Å². The topological polar surface area (TPSA) is 78.8 Å². The summed E-state index contributed by atoms with van der Waals surface area (Å²) in [5.74, 6) is -0.196. The van der Waals surface area contributed by atoms with E-state index in [1.165, 1.54) is 17.2 Å². The molecule has 0 spiro atoms. The summed E-state index contributed by atoms with van der Waals surface area (Å²) in [5, 5.41) is 1.31. The molecule has 0 saturated heterocycles. The standard InChI is InChI=1S/C17H15N3O3S/c1-20(18-16(21)12-11-13-7-3-2-4-8-13)17-14-9-5-6-10-15(14)24(22,23)19-17/h2-12H,1H3,(H,18,21). The predicted octanol–water partition coefficient (Wildman–Crippen LogP) is 1.81. The third kappa shape index (κ3) is 3.21. The molecule has 6 nitrogen and oxygen atoms in total. The van der Waals surface area contributed by atoms with Crippen LogP contribution in [0.3, 0.4) is 0 Å². The SMILES string of the molecule is CN(NC(=O)C=Cc1ccccc1)C1=NS(=O)(=O)c2ccccc21. The minimum absolute atomic E-state index is 0.140. The average Bonchev–Trinajstić information content (AvgIpc) is 2.86. The molecule has 1 amide bonds. The van der Waals surface area contributed by atoms with Crippen molar-refractivity contribution in [2.45, 2.75) is 4.90 Å². The van der Waals surface area contributed by atoms with Crippen LogP contribution < -0.4 is 5.43 Å². The number of nitrogens with one attached hydrogen (secondary N) is 1. The lowest BCUT2D eigenvalue weighted by molar-refractivity contribution is -0.119. The van der Waals surface area contributed by atoms with Crippen molar-refractivity contribution in [3.8, 4) is 0 Å². The first-order valence-corrected chi connectivity index (χ1v) is 8.63. The summed E-state index contributed by atoms with van der Waals surface area (Å²) in [5.41, 5.74) is 3.94. The van der Waals surface area contributed by atoms with E-state index in [2.05, 4.69) is 9.82 Å². The number of hydrogen-bond acceptors (Lipinski definition) is 4. The lowest BCUT2D eigenvalue weighted by atomic mass is 10.2. The number of rotatable bonds is 2. The number of amides is 1. The minimum atomic E-state index is -3.71. The summed E-state index contributed by atoms with van der Waals surface area (Å²) >= 11 is 0. The Morgan fingerprint density at radius 2 is 1.75 bits per heavy atom. The number of nitrogens with zero attached hydrogens (tertiary/aromatic N) is 2. The molecule has 0 radical (unpaired) electrons. The maximum atomic E-state index is 12.0. The number of hydrogen-bond donors (Lipinski definition) is 1. The number of fused-ring (bicyclic) bond motifs is 1. The Morgan fingerprint density at radius 1 is 1.08 bits per heavy atom. The third-order valence-electron chi connectivity index (χ3n) is 3.43. The van der Waals surface area contributed by atoms with Crippen LogP contribution in [-0.2, 0) is 14.8 Å². The van der Waals surface area contributed by atoms with E-state index in [1.54, 1.807) is 31.3 Å². The van der Waals surface area contributed by atoms with E-state index in [0.29, 0.717) is 5.56 Å². The molecule has 1 aliphatic heterocycles. The van der Waals surface area contributed by atoms with Crippen LogP contribution >= 0.6 is 0 Å². The largest absolute Gasteiger partial charge is 0.285 e. The molecular weight excluding hydrogens is 326 g/mol. The van der Waals surface area contributed by atoms with Gasteiger partial charge >= 0.3 is 0 Å². The van der Waals surface area contributed by atoms with Crippen LogP contribution in [0.25, 0.3) is 6.08 Å². The fourth-order valence-corrected chi connectivity index (χ4v) is 3.56. The van der Waals surface area contributed by atoms with Gasteiger partial charge in [-0.2, -0.15) is 8.42 Å². The van der Waals surface area contributed by atoms with Gasteiger partial charge in [0.1, 0.15) is 4.90 Å². The first-order chi connectivity index (χ1) is 11.5. The quantitative estimate of drug-likeness (QED) is 0.667. The summed E-state index contributed by atoms with van der Waals surface area (Å²) in [6, 6.07) is 15.9. The molecule has 122 valence electrons. The Kier molecular flexibility index (Phi) is 4.18. The Hall–Kier alpha value is -2.93. The van der Waals surface area contributed by atoms with Crippen molar-refractivity contribution in [2.75, 3.05) is 7.05 Å². The van der Waals surface area contributed by atoms with Gasteiger partial charge in [-0.3, -0.25) is 15.2 Å². The molecule has 2 aromatic rings. The molecule has 24 heavy (non-hydrogen) atoms. The van der Waals surface area contributed by atoms with E-state index in [0.717, 1.165) is 5.56 Å². The zero-order chi connectivity index (χ0) is 17.2. The maximum Gasteiger partial charge on any atom is 0.285 e. The van der Waals surface area contributed by atoms with Gasteiger partial charge in [-0.15, -0.1) is 4.40 Å². The van der Waals surface area contributed by atoms with Gasteiger partial charge in [0, 0.05) is 18.7 Å². The molecule has 0 atom stereocenters. The normalized spacial score (nSPS) is 15.0. The van der Waals surface area contributed by atoms with Gasteiger partial charge in [-0.1, -0.05) is 42.5 Å². The molecule has 2 aromatic carbocycles. The minimum Gasteiger partial charge on any atom is -0.270 e. The fraction of sp³-hybridized carbons (Fsp3) is 0.0588. The number of carbonyl (C=O) groups is 1. The fourth-order valence-electron chi connectivity index (χ4n) is 2.32. The Bertz CT molecular complexity index is 935. The van der Waals surface area contributed by atoms with Crippen LogP contribution in [-0.4, -0.2) is 32.2 Å². The van der Waals surface area contributed by atoms with Gasteiger partial charge in [0.05, 0.1) is 0 Å². The van der Waals surface area contributed by atoms with Gasteiger partial charge in [0.15, 0.2) is 5.84 Å². The summed E-state index contributed by atoms with van der Waals surface area (Å²) in [6.45, 7) is 0. The van der Waals surface area contributed by atoms with Crippen LogP contribution in [0.2, 0.25) is 0 Å². The molecular formula is C17H15N3O3S. The number of carbonyl (C=O) groups excluding carboxylic acids is 1. The Balaban J connectivity index is 1.75. The van der Waals surface area contributed by atoms with E-state index in [1.807, 2.05) is 30.3 Å². The first kappa shape index (κ1) is 15.9. The van der Waals surface area contributed by atoms with Gasteiger partial charge in [0.2, 0.25) is 0 Å². The van der Waals surface area contributed by atoms with Crippen molar-refractivity contribution in [2.24, 2.45) is 4.40 Å². The zero-order valence-electron chi connectivity index (χ0n) is 12.9. The molecule has 0 fully saturated rings. The van der Waals surface area contributed by atoms with Gasteiger partial charge in [-0.25, -0.2) is 0 Å². The van der Waals surface area contributed by atoms with Crippen molar-refractivity contribution >= 4 is 27.8 Å². The maximum absolute atomic E-state index is 12.0. The molecule has 1 N–H and O–H groups in total. The molecule has 7 heteroatoms. The van der Waals surface area contributed by atoms with Gasteiger partial charge < -0.3 is 0 Å². The zero-order valence-corrected chi connectivity index (χ0v) is 13.7. The van der Waals surface area contributed by atoms with Crippen molar-refractivity contribution in [1.29, 1.82) is 0 Å². The van der Waals surface area contributed by atoms with Crippen molar-refractivity contribution in [1.82, 2.24) is 10.4 Å². The lowest BCUT2D eigenvalue weighted by Crippen LogP contribution is -2.42. The van der Waals surface area contributed by atoms with E-state index in [-0.39, 0.29) is 16.6 Å². The monoisotopic (exact) mass is 341 g/mol. The third-order valence-corrected chi connectivity index (χ3v) is 4.76. The summed E-state index contributed by atoms with van der Waals surface area (Å²) in [6.07, 6.45) is 3.05. The second-order valence-corrected chi connectivity index (χ2v) is 6.74. The lowest BCUT2D eigenvalue weighted by Gasteiger charge is -2.18. The van der Waals surface area contributed by atoms with Crippen LogP contribution in [0.15, 0.2) is 70.0 Å². The second kappa shape index (κ2) is 6.29. The van der Waals surface area contributed by atoms with Crippen LogP contribution in [0.5, 0.6) is 0 Å². The highest BCUT2D eigenvalue weighted by Gasteiger charge is 2.30. The molecule has 0 saturated carbocycles. The molecule has 0 aromatic heterocycles. The number of benzene rings is 2. The number of hydrazine groups is 1. The molecule has 0 unspecified atom stereocenters. The summed E-state index contributed by atoms with van der Waals surface area (Å²) in [4.78, 5) is 12.2. The van der Waals surface area contributed by atoms with E-state index in [4.69, 9.17) is 0 Å². The van der Waals surface area contributed by atoms with Crippen LogP contribution in [0, 0.1) is 0 Å². The molecule has 1 heterocycles. The predicted molar refractivity (Wildman–Crippen MR) is 91.5 cm³/mol. The number of amidine groups is 1. The van der Waals surface area contributed by atoms with E-state index in [9.17, 15) is 13.2 Å². The van der Waals surface area contributed by atoms with E-state index >= 15 is 0 Å².